The van der Waals surface area contributed by atoms with E-state index in [4.69, 9.17) is 10.5 Å². The zero-order valence-corrected chi connectivity index (χ0v) is 11.3. The number of rotatable bonds is 7. The molecule has 16 heavy (non-hydrogen) atoms. The number of nitrogens with two attached hydrogens (primary N) is 1. The SMILES string of the molecule is CC/C=N\C(N)=C/CC.CCCOCCC. The molecule has 0 saturated heterocycles. The maximum Gasteiger partial charge on any atom is 0.118 e. The van der Waals surface area contributed by atoms with Crippen LogP contribution >= 0.6 is 0 Å². The third-order valence-corrected chi connectivity index (χ3v) is 1.53. The average Bonchev–Trinajstić information content (AvgIpc) is 2.28. The number of ether oxygens (including phenoxy) is 1. The second-order valence-corrected chi connectivity index (χ2v) is 3.37. The molecule has 0 aliphatic rings. The van der Waals surface area contributed by atoms with Gasteiger partial charge in [-0.1, -0.05) is 27.7 Å². The first-order valence-electron chi connectivity index (χ1n) is 6.28. The van der Waals surface area contributed by atoms with Gasteiger partial charge in [0.1, 0.15) is 5.82 Å². The topological polar surface area (TPSA) is 47.6 Å². The van der Waals surface area contributed by atoms with Crippen molar-refractivity contribution in [1.82, 2.24) is 0 Å². The molecule has 3 nitrogen and oxygen atoms in total. The van der Waals surface area contributed by atoms with Crippen LogP contribution in [-0.4, -0.2) is 19.4 Å². The number of hydrogen-bond donors (Lipinski definition) is 1. The highest BCUT2D eigenvalue weighted by atomic mass is 16.5. The summed E-state index contributed by atoms with van der Waals surface area (Å²) < 4.78 is 5.13. The molecular formula is C13H28N2O. The van der Waals surface area contributed by atoms with Crippen LogP contribution in [0.4, 0.5) is 0 Å². The van der Waals surface area contributed by atoms with Gasteiger partial charge in [-0.3, -0.25) is 0 Å². The van der Waals surface area contributed by atoms with Crippen molar-refractivity contribution >= 4 is 6.21 Å². The Balaban J connectivity index is 0. The van der Waals surface area contributed by atoms with E-state index in [0.29, 0.717) is 5.82 Å². The fourth-order valence-corrected chi connectivity index (χ4v) is 0.849. The molecule has 0 aromatic rings. The average molecular weight is 228 g/mol. The first-order valence-corrected chi connectivity index (χ1v) is 6.28. The number of hydrogen-bond acceptors (Lipinski definition) is 3. The van der Waals surface area contributed by atoms with Gasteiger partial charge in [0, 0.05) is 19.4 Å². The Bertz CT molecular complexity index is 173. The van der Waals surface area contributed by atoms with E-state index in [1.165, 1.54) is 0 Å². The molecule has 2 N–H and O–H groups in total. The summed E-state index contributed by atoms with van der Waals surface area (Å²) in [6.45, 7) is 10.2. The normalized spacial score (nSPS) is 11.4. The highest BCUT2D eigenvalue weighted by molar-refractivity contribution is 5.58. The van der Waals surface area contributed by atoms with Gasteiger partial charge in [0.25, 0.3) is 0 Å². The van der Waals surface area contributed by atoms with Gasteiger partial charge in [0.2, 0.25) is 0 Å². The Morgan fingerprint density at radius 1 is 1.06 bits per heavy atom. The lowest BCUT2D eigenvalue weighted by Crippen LogP contribution is -1.92. The first kappa shape index (κ1) is 17.6. The molecule has 0 aromatic heterocycles. The maximum atomic E-state index is 5.43. The molecule has 0 rings (SSSR count). The van der Waals surface area contributed by atoms with Crippen LogP contribution in [0.5, 0.6) is 0 Å². The zero-order valence-electron chi connectivity index (χ0n) is 11.3. The van der Waals surface area contributed by atoms with E-state index in [1.54, 1.807) is 0 Å². The Morgan fingerprint density at radius 2 is 1.62 bits per heavy atom. The first-order chi connectivity index (χ1) is 7.72. The Kier molecular flexibility index (Phi) is 18.2. The second kappa shape index (κ2) is 16.6. The molecule has 0 heterocycles. The van der Waals surface area contributed by atoms with Gasteiger partial charge in [0.05, 0.1) is 0 Å². The quantitative estimate of drug-likeness (QED) is 0.535. The van der Waals surface area contributed by atoms with Crippen LogP contribution in [0, 0.1) is 0 Å². The van der Waals surface area contributed by atoms with E-state index in [-0.39, 0.29) is 0 Å². The molecule has 0 aliphatic heterocycles. The van der Waals surface area contributed by atoms with Crippen molar-refractivity contribution < 1.29 is 4.74 Å². The lowest BCUT2D eigenvalue weighted by atomic mass is 10.4. The molecule has 0 aliphatic carbocycles. The summed E-state index contributed by atoms with van der Waals surface area (Å²) in [6.07, 6.45) is 7.87. The van der Waals surface area contributed by atoms with Gasteiger partial charge < -0.3 is 10.5 Å². The lowest BCUT2D eigenvalue weighted by molar-refractivity contribution is 0.135. The van der Waals surface area contributed by atoms with E-state index in [0.717, 1.165) is 38.9 Å². The molecule has 0 bridgehead atoms. The molecule has 0 fully saturated rings. The van der Waals surface area contributed by atoms with Crippen LogP contribution in [0.2, 0.25) is 0 Å². The van der Waals surface area contributed by atoms with Crippen molar-refractivity contribution in [3.05, 3.63) is 11.9 Å². The standard InChI is InChI=1S/C7H14N2.C6H14O/c1-3-5-7(8)9-6-4-2;1-3-5-7-6-4-2/h5-6H,3-4,8H2,1-2H3;3-6H2,1-2H3/b7-5-,9-6-;. The molecule has 96 valence electrons. The van der Waals surface area contributed by atoms with Gasteiger partial charge in [-0.15, -0.1) is 0 Å². The highest BCUT2D eigenvalue weighted by Crippen LogP contribution is 1.87. The third-order valence-electron chi connectivity index (χ3n) is 1.53. The number of aliphatic imine (C=N–C) groups is 1. The van der Waals surface area contributed by atoms with Gasteiger partial charge in [-0.25, -0.2) is 4.99 Å². The summed E-state index contributed by atoms with van der Waals surface area (Å²) in [5.74, 6) is 0.624. The molecule has 0 aromatic carbocycles. The van der Waals surface area contributed by atoms with Crippen LogP contribution in [0.25, 0.3) is 0 Å². The molecule has 0 radical (unpaired) electrons. The summed E-state index contributed by atoms with van der Waals surface area (Å²) >= 11 is 0. The highest BCUT2D eigenvalue weighted by Gasteiger charge is 1.78. The van der Waals surface area contributed by atoms with Crippen molar-refractivity contribution in [3.63, 3.8) is 0 Å². The molecule has 3 heteroatoms. The van der Waals surface area contributed by atoms with Crippen LogP contribution in [0.3, 0.4) is 0 Å². The fraction of sp³-hybridized carbons (Fsp3) is 0.769. The second-order valence-electron chi connectivity index (χ2n) is 3.37. The summed E-state index contributed by atoms with van der Waals surface area (Å²) in [4.78, 5) is 3.95. The van der Waals surface area contributed by atoms with Crippen molar-refractivity contribution in [2.75, 3.05) is 13.2 Å². The van der Waals surface area contributed by atoms with Gasteiger partial charge >= 0.3 is 0 Å². The van der Waals surface area contributed by atoms with E-state index in [9.17, 15) is 0 Å². The Labute approximate surface area is 101 Å². The van der Waals surface area contributed by atoms with Crippen molar-refractivity contribution in [1.29, 1.82) is 0 Å². The van der Waals surface area contributed by atoms with E-state index < -0.39 is 0 Å². The summed E-state index contributed by atoms with van der Waals surface area (Å²) in [5, 5.41) is 0. The number of nitrogens with zero attached hydrogens (tertiary/aromatic N) is 1. The van der Waals surface area contributed by atoms with E-state index >= 15 is 0 Å². The summed E-state index contributed by atoms with van der Waals surface area (Å²) in [7, 11) is 0. The molecule has 0 amide bonds. The van der Waals surface area contributed by atoms with Crippen LogP contribution in [0.1, 0.15) is 53.4 Å². The van der Waals surface area contributed by atoms with Gasteiger partial charge in [0.15, 0.2) is 0 Å². The molecular weight excluding hydrogens is 200 g/mol. The number of allylic oxidation sites excluding steroid dienone is 1. The minimum atomic E-state index is 0.624. The van der Waals surface area contributed by atoms with Crippen LogP contribution < -0.4 is 5.73 Å². The Hall–Kier alpha value is -0.830. The van der Waals surface area contributed by atoms with Gasteiger partial charge in [-0.2, -0.15) is 0 Å². The molecule has 0 saturated carbocycles. The predicted molar refractivity (Wildman–Crippen MR) is 72.7 cm³/mol. The van der Waals surface area contributed by atoms with E-state index in [1.807, 2.05) is 26.1 Å². The third kappa shape index (κ3) is 18.9. The molecule has 0 unspecified atom stereocenters. The predicted octanol–water partition coefficient (Wildman–Crippen LogP) is 3.50. The van der Waals surface area contributed by atoms with Crippen molar-refractivity contribution in [2.24, 2.45) is 10.7 Å². The smallest absolute Gasteiger partial charge is 0.118 e. The van der Waals surface area contributed by atoms with Crippen molar-refractivity contribution in [2.45, 2.75) is 53.4 Å². The lowest BCUT2D eigenvalue weighted by Gasteiger charge is -1.95. The molecule has 0 atom stereocenters. The fourth-order valence-electron chi connectivity index (χ4n) is 0.849. The van der Waals surface area contributed by atoms with Crippen molar-refractivity contribution in [3.8, 4) is 0 Å². The van der Waals surface area contributed by atoms with Crippen LogP contribution in [0.15, 0.2) is 16.9 Å². The minimum Gasteiger partial charge on any atom is -0.384 e. The zero-order chi connectivity index (χ0) is 12.6. The largest absolute Gasteiger partial charge is 0.384 e. The van der Waals surface area contributed by atoms with Crippen LogP contribution in [-0.2, 0) is 4.74 Å². The Morgan fingerprint density at radius 3 is 2.00 bits per heavy atom. The monoisotopic (exact) mass is 228 g/mol. The summed E-state index contributed by atoms with van der Waals surface area (Å²) in [6, 6.07) is 0. The minimum absolute atomic E-state index is 0.624. The van der Waals surface area contributed by atoms with Gasteiger partial charge in [-0.05, 0) is 31.8 Å². The molecule has 0 spiro atoms. The maximum absolute atomic E-state index is 5.43. The summed E-state index contributed by atoms with van der Waals surface area (Å²) in [5.41, 5.74) is 5.43. The van der Waals surface area contributed by atoms with E-state index in [2.05, 4.69) is 18.8 Å².